The van der Waals surface area contributed by atoms with Gasteiger partial charge in [-0.05, 0) is 44.2 Å². The number of carbonyl (C=O) groups is 1. The van der Waals surface area contributed by atoms with E-state index in [4.69, 9.17) is 4.74 Å². The standard InChI is InChI=1S/C24H26FN7O2/c1-34-23-21-17(14-4-9-19-26-12-18(25)32(19)13-14)11-27-22(21)29-24(30-23)28-15-5-7-16(8-6-15)31-10-2-3-20(31)33/h4,9,11-13,15-16H,2-3,5-8,10H2,1H3,(H2,27,28,29,30). The van der Waals surface area contributed by atoms with Crippen molar-refractivity contribution in [2.75, 3.05) is 19.0 Å². The fourth-order valence-corrected chi connectivity index (χ4v) is 5.32. The Labute approximate surface area is 195 Å². The normalized spacial score (nSPS) is 21.0. The van der Waals surface area contributed by atoms with Gasteiger partial charge in [-0.2, -0.15) is 14.4 Å². The first kappa shape index (κ1) is 20.9. The Hall–Kier alpha value is -3.69. The Morgan fingerprint density at radius 3 is 2.82 bits per heavy atom. The monoisotopic (exact) mass is 463 g/mol. The minimum Gasteiger partial charge on any atom is -0.480 e. The summed E-state index contributed by atoms with van der Waals surface area (Å²) >= 11 is 0. The van der Waals surface area contributed by atoms with E-state index in [1.54, 1.807) is 19.4 Å². The molecule has 0 bridgehead atoms. The number of likely N-dealkylation sites (tertiary alicyclic amines) is 1. The number of ether oxygens (including phenoxy) is 1. The lowest BCUT2D eigenvalue weighted by Crippen LogP contribution is -2.41. The molecule has 10 heteroatoms. The number of methoxy groups -OCH3 is 1. The van der Waals surface area contributed by atoms with Crippen molar-refractivity contribution in [2.24, 2.45) is 0 Å². The van der Waals surface area contributed by atoms with Gasteiger partial charge in [-0.3, -0.25) is 9.20 Å². The summed E-state index contributed by atoms with van der Waals surface area (Å²) in [6, 6.07) is 4.26. The lowest BCUT2D eigenvalue weighted by atomic mass is 9.90. The molecule has 1 aliphatic heterocycles. The molecule has 34 heavy (non-hydrogen) atoms. The predicted molar refractivity (Wildman–Crippen MR) is 125 cm³/mol. The van der Waals surface area contributed by atoms with E-state index in [1.807, 2.05) is 12.3 Å². The van der Waals surface area contributed by atoms with E-state index in [1.165, 1.54) is 10.6 Å². The highest BCUT2D eigenvalue weighted by Gasteiger charge is 2.31. The molecule has 0 radical (unpaired) electrons. The maximum Gasteiger partial charge on any atom is 0.228 e. The minimum absolute atomic E-state index is 0.247. The van der Waals surface area contributed by atoms with E-state index in [2.05, 4.69) is 30.2 Å². The van der Waals surface area contributed by atoms with Crippen LogP contribution < -0.4 is 10.1 Å². The van der Waals surface area contributed by atoms with Gasteiger partial charge in [0.2, 0.25) is 23.7 Å². The Kier molecular flexibility index (Phi) is 5.08. The van der Waals surface area contributed by atoms with E-state index in [-0.39, 0.29) is 6.04 Å². The van der Waals surface area contributed by atoms with Crippen molar-refractivity contribution >= 4 is 28.5 Å². The minimum atomic E-state index is -0.421. The van der Waals surface area contributed by atoms with Crippen molar-refractivity contribution in [3.8, 4) is 17.0 Å². The Morgan fingerprint density at radius 2 is 2.06 bits per heavy atom. The number of nitrogens with one attached hydrogen (secondary N) is 2. The van der Waals surface area contributed by atoms with E-state index < -0.39 is 5.95 Å². The van der Waals surface area contributed by atoms with Crippen molar-refractivity contribution in [2.45, 2.75) is 50.6 Å². The van der Waals surface area contributed by atoms with E-state index in [9.17, 15) is 9.18 Å². The summed E-state index contributed by atoms with van der Waals surface area (Å²) in [4.78, 5) is 30.7. The van der Waals surface area contributed by atoms with Gasteiger partial charge in [0, 0.05) is 48.6 Å². The molecule has 2 N–H and O–H groups in total. The topological polar surface area (TPSA) is 100 Å². The van der Waals surface area contributed by atoms with Gasteiger partial charge in [0.25, 0.3) is 0 Å². The second-order valence-corrected chi connectivity index (χ2v) is 9.05. The fourth-order valence-electron chi connectivity index (χ4n) is 5.32. The number of aromatic amines is 1. The second-order valence-electron chi connectivity index (χ2n) is 9.05. The molecule has 5 heterocycles. The summed E-state index contributed by atoms with van der Waals surface area (Å²) < 4.78 is 21.1. The number of halogens is 1. The third-order valence-corrected chi connectivity index (χ3v) is 7.04. The second kappa shape index (κ2) is 8.27. The van der Waals surface area contributed by atoms with Gasteiger partial charge < -0.3 is 19.9 Å². The molecular weight excluding hydrogens is 437 g/mol. The number of fused-ring (bicyclic) bond motifs is 2. The molecule has 6 rings (SSSR count). The average Bonchev–Trinajstić information content (AvgIpc) is 3.57. The summed E-state index contributed by atoms with van der Waals surface area (Å²) in [5, 5.41) is 4.20. The summed E-state index contributed by atoms with van der Waals surface area (Å²) in [6.07, 6.45) is 10.3. The molecule has 2 fully saturated rings. The average molecular weight is 464 g/mol. The van der Waals surface area contributed by atoms with E-state index in [0.717, 1.165) is 55.2 Å². The van der Waals surface area contributed by atoms with Crippen molar-refractivity contribution in [1.82, 2.24) is 29.2 Å². The number of anilines is 1. The van der Waals surface area contributed by atoms with Crippen LogP contribution in [0.25, 0.3) is 27.8 Å². The Morgan fingerprint density at radius 1 is 1.21 bits per heavy atom. The highest BCUT2D eigenvalue weighted by atomic mass is 19.1. The number of rotatable bonds is 5. The number of hydrogen-bond acceptors (Lipinski definition) is 6. The third kappa shape index (κ3) is 3.53. The molecule has 0 aromatic carbocycles. The highest BCUT2D eigenvalue weighted by Crippen LogP contribution is 2.35. The van der Waals surface area contributed by atoms with Gasteiger partial charge in [0.15, 0.2) is 0 Å². The van der Waals surface area contributed by atoms with Crippen molar-refractivity contribution in [1.29, 1.82) is 0 Å². The van der Waals surface area contributed by atoms with Crippen LogP contribution in [0.15, 0.2) is 30.7 Å². The molecule has 0 spiro atoms. The molecule has 1 saturated heterocycles. The Bertz CT molecular complexity index is 1370. The van der Waals surface area contributed by atoms with Gasteiger partial charge in [-0.1, -0.05) is 0 Å². The molecule has 1 saturated carbocycles. The van der Waals surface area contributed by atoms with Crippen LogP contribution in [0, 0.1) is 5.95 Å². The fraction of sp³-hybridized carbons (Fsp3) is 0.417. The van der Waals surface area contributed by atoms with Gasteiger partial charge >= 0.3 is 0 Å². The molecule has 4 aromatic heterocycles. The highest BCUT2D eigenvalue weighted by molar-refractivity contribution is 5.97. The van der Waals surface area contributed by atoms with Crippen molar-refractivity contribution in [3.63, 3.8) is 0 Å². The molecule has 1 amide bonds. The molecular formula is C24H26FN7O2. The van der Waals surface area contributed by atoms with Crippen LogP contribution in [-0.2, 0) is 4.79 Å². The lowest BCUT2D eigenvalue weighted by Gasteiger charge is -2.34. The number of nitrogens with zero attached hydrogens (tertiary/aromatic N) is 5. The van der Waals surface area contributed by atoms with Gasteiger partial charge in [0.05, 0.1) is 18.7 Å². The largest absolute Gasteiger partial charge is 0.480 e. The van der Waals surface area contributed by atoms with Crippen LogP contribution >= 0.6 is 0 Å². The summed E-state index contributed by atoms with van der Waals surface area (Å²) in [5.41, 5.74) is 2.81. The molecule has 2 aliphatic rings. The summed E-state index contributed by atoms with van der Waals surface area (Å²) in [5.74, 6) is 0.837. The van der Waals surface area contributed by atoms with Crippen LogP contribution in [-0.4, -0.2) is 60.9 Å². The zero-order valence-corrected chi connectivity index (χ0v) is 18.9. The predicted octanol–water partition coefficient (Wildman–Crippen LogP) is 3.77. The lowest BCUT2D eigenvalue weighted by molar-refractivity contribution is -0.130. The van der Waals surface area contributed by atoms with Gasteiger partial charge in [-0.25, -0.2) is 4.98 Å². The molecule has 176 valence electrons. The molecule has 4 aromatic rings. The number of aromatic nitrogens is 5. The summed E-state index contributed by atoms with van der Waals surface area (Å²) in [6.45, 7) is 0.897. The first-order chi connectivity index (χ1) is 16.6. The van der Waals surface area contributed by atoms with Crippen LogP contribution in [0.5, 0.6) is 5.88 Å². The molecule has 0 atom stereocenters. The number of amides is 1. The number of H-pyrrole nitrogens is 1. The SMILES string of the molecule is COc1nc(NC2CCC(N3CCCC3=O)CC2)nc2[nH]cc(-c3ccc4ncc(F)n4c3)c12. The summed E-state index contributed by atoms with van der Waals surface area (Å²) in [7, 11) is 1.58. The van der Waals surface area contributed by atoms with Crippen molar-refractivity contribution in [3.05, 3.63) is 36.7 Å². The van der Waals surface area contributed by atoms with Crippen LogP contribution in [0.4, 0.5) is 10.3 Å². The van der Waals surface area contributed by atoms with E-state index >= 15 is 0 Å². The van der Waals surface area contributed by atoms with Crippen LogP contribution in [0.3, 0.4) is 0 Å². The molecule has 9 nitrogen and oxygen atoms in total. The number of hydrogen-bond donors (Lipinski definition) is 2. The molecule has 1 aliphatic carbocycles. The number of pyridine rings is 1. The van der Waals surface area contributed by atoms with Gasteiger partial charge in [-0.15, -0.1) is 0 Å². The van der Waals surface area contributed by atoms with Gasteiger partial charge in [0.1, 0.15) is 11.3 Å². The van der Waals surface area contributed by atoms with Crippen LogP contribution in [0.1, 0.15) is 38.5 Å². The zero-order valence-electron chi connectivity index (χ0n) is 18.9. The number of carbonyl (C=O) groups excluding carboxylic acids is 1. The maximum atomic E-state index is 14.0. The maximum absolute atomic E-state index is 14.0. The third-order valence-electron chi connectivity index (χ3n) is 7.04. The first-order valence-electron chi connectivity index (χ1n) is 11.7. The van der Waals surface area contributed by atoms with E-state index in [0.29, 0.717) is 41.5 Å². The first-order valence-corrected chi connectivity index (χ1v) is 11.7. The van der Waals surface area contributed by atoms with Crippen LogP contribution in [0.2, 0.25) is 0 Å². The van der Waals surface area contributed by atoms with Crippen molar-refractivity contribution < 1.29 is 13.9 Å². The zero-order chi connectivity index (χ0) is 23.2. The smallest absolute Gasteiger partial charge is 0.228 e. The number of imidazole rings is 1. The quantitative estimate of drug-likeness (QED) is 0.467. The Balaban J connectivity index is 1.24. The molecule has 0 unspecified atom stereocenters.